The number of hydrogen-bond acceptors (Lipinski definition) is 4. The van der Waals surface area contributed by atoms with Gasteiger partial charge < -0.3 is 10.8 Å². The van der Waals surface area contributed by atoms with Gasteiger partial charge in [0.05, 0.1) is 0 Å². The molecule has 6 nitrogen and oxygen atoms in total. The van der Waals surface area contributed by atoms with Gasteiger partial charge in [0.2, 0.25) is 0 Å². The molecule has 1 heterocycles. The molecule has 1 rings (SSSR count). The van der Waals surface area contributed by atoms with Gasteiger partial charge in [0.25, 0.3) is 11.8 Å². The van der Waals surface area contributed by atoms with Crippen molar-refractivity contribution in [3.8, 4) is 0 Å². The summed E-state index contributed by atoms with van der Waals surface area (Å²) in [5.74, 6) is -2.34. The molecule has 0 aromatic carbocycles. The van der Waals surface area contributed by atoms with Crippen molar-refractivity contribution in [2.24, 2.45) is 5.73 Å². The Hall–Kier alpha value is -1.69. The summed E-state index contributed by atoms with van der Waals surface area (Å²) in [6, 6.07) is -1.11. The molecule has 2 amide bonds. The van der Waals surface area contributed by atoms with E-state index < -0.39 is 23.8 Å². The molecule has 0 saturated heterocycles. The molecule has 1 aliphatic rings. The molecule has 0 aromatic heterocycles. The molecule has 82 valence electrons. The molecule has 0 bridgehead atoms. The smallest absolute Gasteiger partial charge is 0.326 e. The van der Waals surface area contributed by atoms with Crippen LogP contribution in [0.5, 0.6) is 0 Å². The second-order valence-corrected chi connectivity index (χ2v) is 3.16. The van der Waals surface area contributed by atoms with E-state index in [-0.39, 0.29) is 6.42 Å². The predicted octanol–water partition coefficient (Wildman–Crippen LogP) is -0.897. The minimum absolute atomic E-state index is 0.186. The maximum atomic E-state index is 11.2. The highest BCUT2D eigenvalue weighted by molar-refractivity contribution is 6.14. The third-order valence-corrected chi connectivity index (χ3v) is 2.12. The Morgan fingerprint density at radius 1 is 1.40 bits per heavy atom. The number of rotatable bonds is 5. The van der Waals surface area contributed by atoms with E-state index in [0.29, 0.717) is 13.0 Å². The molecule has 3 N–H and O–H groups in total. The fourth-order valence-corrected chi connectivity index (χ4v) is 1.39. The minimum Gasteiger partial charge on any atom is -0.480 e. The van der Waals surface area contributed by atoms with Gasteiger partial charge in [-0.25, -0.2) is 4.79 Å². The van der Waals surface area contributed by atoms with Crippen LogP contribution in [0.1, 0.15) is 12.8 Å². The van der Waals surface area contributed by atoms with E-state index in [1.54, 1.807) is 0 Å². The van der Waals surface area contributed by atoms with Crippen LogP contribution < -0.4 is 5.73 Å². The average molecular weight is 212 g/mol. The second kappa shape index (κ2) is 4.70. The van der Waals surface area contributed by atoms with Crippen LogP contribution >= 0.6 is 0 Å². The van der Waals surface area contributed by atoms with Crippen LogP contribution in [-0.2, 0) is 14.4 Å². The molecule has 0 spiro atoms. The first kappa shape index (κ1) is 11.4. The van der Waals surface area contributed by atoms with Crippen LogP contribution in [0, 0.1) is 0 Å². The number of carboxylic acid groups (broad SMARTS) is 1. The Morgan fingerprint density at radius 3 is 2.33 bits per heavy atom. The van der Waals surface area contributed by atoms with Gasteiger partial charge in [0, 0.05) is 12.2 Å². The molecular formula is C9H12N2O4. The zero-order chi connectivity index (χ0) is 11.4. The first-order valence-electron chi connectivity index (χ1n) is 4.56. The van der Waals surface area contributed by atoms with Crippen molar-refractivity contribution in [3.63, 3.8) is 0 Å². The fraction of sp³-hybridized carbons (Fsp3) is 0.444. The van der Waals surface area contributed by atoms with Crippen molar-refractivity contribution in [3.05, 3.63) is 12.2 Å². The summed E-state index contributed by atoms with van der Waals surface area (Å²) < 4.78 is 0. The first-order valence-corrected chi connectivity index (χ1v) is 4.56. The lowest BCUT2D eigenvalue weighted by molar-refractivity contribution is -0.153. The van der Waals surface area contributed by atoms with E-state index in [1.807, 2.05) is 0 Å². The van der Waals surface area contributed by atoms with Gasteiger partial charge >= 0.3 is 5.97 Å². The highest BCUT2D eigenvalue weighted by Gasteiger charge is 2.35. The van der Waals surface area contributed by atoms with E-state index in [2.05, 4.69) is 0 Å². The SMILES string of the molecule is NCCC[C@H](C(=O)O)N1C(=O)C=CC1=O. The van der Waals surface area contributed by atoms with Crippen LogP contribution in [0.2, 0.25) is 0 Å². The summed E-state index contributed by atoms with van der Waals surface area (Å²) in [4.78, 5) is 34.1. The summed E-state index contributed by atoms with van der Waals surface area (Å²) in [5, 5.41) is 8.88. The highest BCUT2D eigenvalue weighted by atomic mass is 16.4. The van der Waals surface area contributed by atoms with Gasteiger partial charge in [-0.1, -0.05) is 0 Å². The quantitative estimate of drug-likeness (QED) is 0.575. The summed E-state index contributed by atoms with van der Waals surface area (Å²) in [6.07, 6.45) is 2.78. The standard InChI is InChI=1S/C9H12N2O4/c10-5-1-2-6(9(14)15)11-7(12)3-4-8(11)13/h3-4,6H,1-2,5,10H2,(H,14,15)/t6-/m1/s1. The van der Waals surface area contributed by atoms with Gasteiger partial charge in [0.15, 0.2) is 0 Å². The zero-order valence-corrected chi connectivity index (χ0v) is 8.05. The van der Waals surface area contributed by atoms with Crippen molar-refractivity contribution in [2.75, 3.05) is 6.54 Å². The van der Waals surface area contributed by atoms with Crippen molar-refractivity contribution < 1.29 is 19.5 Å². The van der Waals surface area contributed by atoms with Gasteiger partial charge in [-0.05, 0) is 19.4 Å². The van der Waals surface area contributed by atoms with Crippen LogP contribution in [0.4, 0.5) is 0 Å². The van der Waals surface area contributed by atoms with E-state index in [1.165, 1.54) is 0 Å². The van der Waals surface area contributed by atoms with E-state index in [4.69, 9.17) is 10.8 Å². The van der Waals surface area contributed by atoms with Crippen LogP contribution in [0.25, 0.3) is 0 Å². The van der Waals surface area contributed by atoms with Crippen molar-refractivity contribution in [1.82, 2.24) is 4.90 Å². The zero-order valence-electron chi connectivity index (χ0n) is 8.05. The van der Waals surface area contributed by atoms with E-state index >= 15 is 0 Å². The maximum Gasteiger partial charge on any atom is 0.326 e. The summed E-state index contributed by atoms with van der Waals surface area (Å²) in [6.45, 7) is 0.327. The molecule has 0 radical (unpaired) electrons. The maximum absolute atomic E-state index is 11.2. The summed E-state index contributed by atoms with van der Waals surface area (Å²) >= 11 is 0. The molecule has 15 heavy (non-hydrogen) atoms. The minimum atomic E-state index is -1.19. The van der Waals surface area contributed by atoms with Crippen molar-refractivity contribution in [2.45, 2.75) is 18.9 Å². The fourth-order valence-electron chi connectivity index (χ4n) is 1.39. The molecule has 0 aliphatic carbocycles. The van der Waals surface area contributed by atoms with Crippen LogP contribution in [-0.4, -0.2) is 40.4 Å². The first-order chi connectivity index (χ1) is 7.07. The van der Waals surface area contributed by atoms with Crippen LogP contribution in [0.3, 0.4) is 0 Å². The number of aliphatic carboxylic acids is 1. The lowest BCUT2D eigenvalue weighted by Gasteiger charge is -2.21. The monoisotopic (exact) mass is 212 g/mol. The molecule has 1 aliphatic heterocycles. The molecular weight excluding hydrogens is 200 g/mol. The highest BCUT2D eigenvalue weighted by Crippen LogP contribution is 2.13. The third kappa shape index (κ3) is 2.41. The lowest BCUT2D eigenvalue weighted by atomic mass is 10.1. The third-order valence-electron chi connectivity index (χ3n) is 2.12. The molecule has 6 heteroatoms. The second-order valence-electron chi connectivity index (χ2n) is 3.16. The molecule has 0 fully saturated rings. The van der Waals surface area contributed by atoms with Gasteiger partial charge in [0.1, 0.15) is 6.04 Å². The van der Waals surface area contributed by atoms with Gasteiger partial charge in [-0.3, -0.25) is 14.5 Å². The number of nitrogens with two attached hydrogens (primary N) is 1. The number of hydrogen-bond donors (Lipinski definition) is 2. The Labute approximate surface area is 86.3 Å². The number of amides is 2. The molecule has 0 aromatic rings. The molecule has 0 unspecified atom stereocenters. The number of nitrogens with zero attached hydrogens (tertiary/aromatic N) is 1. The average Bonchev–Trinajstić information content (AvgIpc) is 2.49. The number of carboxylic acids is 1. The predicted molar refractivity (Wildman–Crippen MR) is 50.7 cm³/mol. The Kier molecular flexibility index (Phi) is 3.56. The topological polar surface area (TPSA) is 101 Å². The Bertz CT molecular complexity index is 306. The number of carbonyl (C=O) groups is 3. The molecule has 1 atom stereocenters. The lowest BCUT2D eigenvalue weighted by Crippen LogP contribution is -2.45. The number of carbonyl (C=O) groups excluding carboxylic acids is 2. The van der Waals surface area contributed by atoms with Crippen molar-refractivity contribution >= 4 is 17.8 Å². The Balaban J connectivity index is 2.76. The number of imide groups is 1. The molecule has 0 saturated carbocycles. The largest absolute Gasteiger partial charge is 0.480 e. The van der Waals surface area contributed by atoms with E-state index in [0.717, 1.165) is 17.1 Å². The summed E-state index contributed by atoms with van der Waals surface area (Å²) in [5.41, 5.74) is 5.25. The van der Waals surface area contributed by atoms with Crippen LogP contribution in [0.15, 0.2) is 12.2 Å². The van der Waals surface area contributed by atoms with Crippen molar-refractivity contribution in [1.29, 1.82) is 0 Å². The normalized spacial score (nSPS) is 17.3. The Morgan fingerprint density at radius 2 is 1.93 bits per heavy atom. The summed E-state index contributed by atoms with van der Waals surface area (Å²) in [7, 11) is 0. The van der Waals surface area contributed by atoms with Gasteiger partial charge in [-0.2, -0.15) is 0 Å². The van der Waals surface area contributed by atoms with Gasteiger partial charge in [-0.15, -0.1) is 0 Å². The van der Waals surface area contributed by atoms with E-state index in [9.17, 15) is 14.4 Å².